The number of aryl methyl sites for hydroxylation is 1. The molecular weight excluding hydrogens is 758 g/mol. The summed E-state index contributed by atoms with van der Waals surface area (Å²) in [5.41, 5.74) is -1.01. The lowest BCUT2D eigenvalue weighted by molar-refractivity contribution is -0.137. The first kappa shape index (κ1) is 37.7. The first-order chi connectivity index (χ1) is 25.1. The number of hydrogen-bond donors (Lipinski definition) is 1. The monoisotopic (exact) mass is 785 g/mol. The molecule has 2 aromatic carbocycles. The van der Waals surface area contributed by atoms with E-state index in [4.69, 9.17) is 11.6 Å². The summed E-state index contributed by atoms with van der Waals surface area (Å²) in [5.74, 6) is 5.20. The second-order valence-corrected chi connectivity index (χ2v) is 15.2. The van der Waals surface area contributed by atoms with Crippen LogP contribution in [0.15, 0.2) is 46.7 Å². The Kier molecular flexibility index (Phi) is 10.5. The van der Waals surface area contributed by atoms with E-state index in [0.29, 0.717) is 26.4 Å². The molecule has 1 fully saturated rings. The number of sulfonamides is 1. The van der Waals surface area contributed by atoms with Gasteiger partial charge < -0.3 is 4.90 Å². The van der Waals surface area contributed by atoms with E-state index in [1.165, 1.54) is 39.3 Å². The zero-order valence-corrected chi connectivity index (χ0v) is 30.4. The van der Waals surface area contributed by atoms with Crippen molar-refractivity contribution < 1.29 is 30.8 Å². The van der Waals surface area contributed by atoms with Gasteiger partial charge in [0, 0.05) is 66.0 Å². The van der Waals surface area contributed by atoms with Gasteiger partial charge in [-0.15, -0.1) is 11.3 Å². The number of halogens is 5. The maximum atomic E-state index is 14.4. The third-order valence-electron chi connectivity index (χ3n) is 8.63. The van der Waals surface area contributed by atoms with Gasteiger partial charge in [0.15, 0.2) is 0 Å². The van der Waals surface area contributed by atoms with Crippen LogP contribution in [0.5, 0.6) is 0 Å². The van der Waals surface area contributed by atoms with Crippen LogP contribution in [0, 0.1) is 30.1 Å². The van der Waals surface area contributed by atoms with Crippen molar-refractivity contribution in [2.45, 2.75) is 19.6 Å². The SMILES string of the molecule is Cc1nc2cc(C(F)(F)F)c(N3CCN(CCF)CC3)c(C#N)c2c(=O)n1CC#Cc1ccc(Cl)cc1-c1ccnc2c(C(=O)NS(C)(=O)=O)csc12. The molecule has 0 bridgehead atoms. The zero-order valence-electron chi connectivity index (χ0n) is 28.0. The minimum Gasteiger partial charge on any atom is -0.367 e. The number of nitrogens with one attached hydrogen (secondary N) is 1. The van der Waals surface area contributed by atoms with E-state index in [2.05, 4.69) is 21.8 Å². The van der Waals surface area contributed by atoms with Gasteiger partial charge in [-0.3, -0.25) is 24.0 Å². The normalized spacial score (nSPS) is 13.9. The Morgan fingerprint density at radius 3 is 2.53 bits per heavy atom. The summed E-state index contributed by atoms with van der Waals surface area (Å²) in [6.07, 6.45) is -2.54. The molecule has 18 heteroatoms. The van der Waals surface area contributed by atoms with Gasteiger partial charge in [-0.05, 0) is 37.3 Å². The fraction of sp³-hybridized carbons (Fsp3) is 0.286. The van der Waals surface area contributed by atoms with E-state index in [0.717, 1.165) is 12.3 Å². The molecule has 0 radical (unpaired) electrons. The van der Waals surface area contributed by atoms with Crippen LogP contribution in [0.3, 0.4) is 0 Å². The summed E-state index contributed by atoms with van der Waals surface area (Å²) in [6.45, 7) is 1.50. The third kappa shape index (κ3) is 7.70. The van der Waals surface area contributed by atoms with Gasteiger partial charge in [-0.2, -0.15) is 18.4 Å². The molecule has 1 aliphatic rings. The third-order valence-corrected chi connectivity index (χ3v) is 10.4. The van der Waals surface area contributed by atoms with Crippen molar-refractivity contribution in [2.75, 3.05) is 50.6 Å². The van der Waals surface area contributed by atoms with Crippen molar-refractivity contribution in [1.82, 2.24) is 24.2 Å². The average Bonchev–Trinajstić information content (AvgIpc) is 3.54. The van der Waals surface area contributed by atoms with Crippen LogP contribution in [0.1, 0.15) is 32.9 Å². The summed E-state index contributed by atoms with van der Waals surface area (Å²) >= 11 is 7.54. The highest BCUT2D eigenvalue weighted by atomic mass is 35.5. The lowest BCUT2D eigenvalue weighted by Gasteiger charge is -2.37. The summed E-state index contributed by atoms with van der Waals surface area (Å²) in [4.78, 5) is 38.4. The highest BCUT2D eigenvalue weighted by Gasteiger charge is 2.39. The Labute approximate surface area is 309 Å². The first-order valence-electron chi connectivity index (χ1n) is 15.9. The van der Waals surface area contributed by atoms with Gasteiger partial charge >= 0.3 is 6.18 Å². The maximum Gasteiger partial charge on any atom is 0.418 e. The molecule has 1 saturated heterocycles. The number of nitrogens with zero attached hydrogens (tertiary/aromatic N) is 6. The lowest BCUT2D eigenvalue weighted by atomic mass is 9.99. The fourth-order valence-corrected chi connectivity index (χ4v) is 7.88. The van der Waals surface area contributed by atoms with Crippen LogP contribution in [0.25, 0.3) is 32.2 Å². The summed E-state index contributed by atoms with van der Waals surface area (Å²) in [5, 5.41) is 11.8. The van der Waals surface area contributed by atoms with E-state index >= 15 is 0 Å². The number of piperazine rings is 1. The van der Waals surface area contributed by atoms with E-state index < -0.39 is 51.2 Å². The van der Waals surface area contributed by atoms with Crippen LogP contribution >= 0.6 is 22.9 Å². The molecule has 0 saturated carbocycles. The average molecular weight is 786 g/mol. The van der Waals surface area contributed by atoms with E-state index in [1.54, 1.807) is 29.2 Å². The van der Waals surface area contributed by atoms with Crippen LogP contribution in [-0.2, 0) is 22.7 Å². The number of anilines is 1. The van der Waals surface area contributed by atoms with E-state index in [1.807, 2.05) is 10.8 Å². The molecule has 53 heavy (non-hydrogen) atoms. The summed E-state index contributed by atoms with van der Waals surface area (Å²) in [6, 6.07) is 9.24. The van der Waals surface area contributed by atoms with Gasteiger partial charge in [0.05, 0.1) is 56.3 Å². The molecule has 0 aliphatic carbocycles. The quantitative estimate of drug-likeness (QED) is 0.171. The number of fused-ring (bicyclic) bond motifs is 2. The van der Waals surface area contributed by atoms with Crippen molar-refractivity contribution in [2.24, 2.45) is 0 Å². The fourth-order valence-electron chi connectivity index (χ4n) is 6.23. The first-order valence-corrected chi connectivity index (χ1v) is 19.0. The summed E-state index contributed by atoms with van der Waals surface area (Å²) in [7, 11) is -3.83. The second-order valence-electron chi connectivity index (χ2n) is 12.1. The molecule has 0 spiro atoms. The molecule has 0 unspecified atom stereocenters. The maximum absolute atomic E-state index is 14.4. The predicted molar refractivity (Wildman–Crippen MR) is 194 cm³/mol. The Hall–Kier alpha value is -5.07. The number of amides is 1. The van der Waals surface area contributed by atoms with Crippen LogP contribution in [0.4, 0.5) is 23.2 Å². The summed E-state index contributed by atoms with van der Waals surface area (Å²) < 4.78 is 83.2. The number of aromatic nitrogens is 3. The number of carbonyl (C=O) groups excluding carboxylic acids is 1. The van der Waals surface area contributed by atoms with E-state index in [-0.39, 0.29) is 67.1 Å². The van der Waals surface area contributed by atoms with Crippen molar-refractivity contribution in [3.63, 3.8) is 0 Å². The zero-order chi connectivity index (χ0) is 38.2. The Morgan fingerprint density at radius 1 is 1.13 bits per heavy atom. The molecular formula is C35H28ClF4N7O4S2. The van der Waals surface area contributed by atoms with Crippen molar-refractivity contribution in [3.05, 3.63) is 85.4 Å². The number of hydrogen-bond acceptors (Lipinski definition) is 10. The second kappa shape index (κ2) is 14.7. The number of thiophene rings is 1. The molecule has 0 atom stereocenters. The molecule has 5 aromatic rings. The topological polar surface area (TPSA) is 141 Å². The number of pyridine rings is 1. The van der Waals surface area contributed by atoms with Gasteiger partial charge in [0.2, 0.25) is 10.0 Å². The highest BCUT2D eigenvalue weighted by molar-refractivity contribution is 7.89. The molecule has 4 heterocycles. The molecule has 1 N–H and O–H groups in total. The Bertz CT molecular complexity index is 2570. The number of benzene rings is 2. The molecule has 6 rings (SSSR count). The number of carbonyl (C=O) groups is 1. The van der Waals surface area contributed by atoms with Gasteiger partial charge in [0.1, 0.15) is 18.6 Å². The van der Waals surface area contributed by atoms with Crippen LogP contribution in [-0.4, -0.2) is 79.4 Å². The minimum absolute atomic E-state index is 0.0619. The standard InChI is InChI=1S/C35H28ClF4N7O4S2/c1-20-43-28-17-27(35(38,39)40)31(46-14-12-45(11-8-37)13-15-46)25(18-41)29(28)34(49)47(20)10-3-4-21-5-6-22(36)16-24(21)23-7-9-42-30-26(19-52-32(23)30)33(48)44-53(2,50)51/h5-7,9,16-17,19H,8,10-15H2,1-2H3,(H,44,48). The highest BCUT2D eigenvalue weighted by Crippen LogP contribution is 2.42. The molecule has 1 aliphatic heterocycles. The largest absolute Gasteiger partial charge is 0.418 e. The molecule has 11 nitrogen and oxygen atoms in total. The Balaban J connectivity index is 1.41. The van der Waals surface area contributed by atoms with Crippen LogP contribution in [0.2, 0.25) is 5.02 Å². The van der Waals surface area contributed by atoms with Gasteiger partial charge in [-0.25, -0.2) is 22.5 Å². The Morgan fingerprint density at radius 2 is 1.87 bits per heavy atom. The minimum atomic E-state index is -4.86. The van der Waals surface area contributed by atoms with Gasteiger partial charge in [-0.1, -0.05) is 23.4 Å². The van der Waals surface area contributed by atoms with Crippen molar-refractivity contribution in [3.8, 4) is 29.0 Å². The lowest BCUT2D eigenvalue weighted by Crippen LogP contribution is -2.47. The predicted octanol–water partition coefficient (Wildman–Crippen LogP) is 5.36. The smallest absolute Gasteiger partial charge is 0.367 e. The molecule has 1 amide bonds. The van der Waals surface area contributed by atoms with Crippen molar-refractivity contribution in [1.29, 1.82) is 5.26 Å². The van der Waals surface area contributed by atoms with Crippen LogP contribution < -0.4 is 15.2 Å². The molecule has 3 aromatic heterocycles. The number of rotatable bonds is 7. The number of alkyl halides is 4. The molecule has 274 valence electrons. The van der Waals surface area contributed by atoms with E-state index in [9.17, 15) is 40.8 Å². The number of nitriles is 1. The van der Waals surface area contributed by atoms with Crippen molar-refractivity contribution >= 4 is 65.7 Å². The van der Waals surface area contributed by atoms with Gasteiger partial charge in [0.25, 0.3) is 11.5 Å².